The van der Waals surface area contributed by atoms with Gasteiger partial charge in [0.1, 0.15) is 0 Å². The highest BCUT2D eigenvalue weighted by Gasteiger charge is 2.32. The van der Waals surface area contributed by atoms with Gasteiger partial charge in [0.2, 0.25) is 5.91 Å². The van der Waals surface area contributed by atoms with E-state index in [0.717, 1.165) is 13.0 Å². The molecule has 1 aliphatic heterocycles. The maximum Gasteiger partial charge on any atom is 0.240 e. The van der Waals surface area contributed by atoms with E-state index < -0.39 is 0 Å². The second-order valence-electron chi connectivity index (χ2n) is 4.15. The molecule has 2 unspecified atom stereocenters. The van der Waals surface area contributed by atoms with Gasteiger partial charge in [-0.3, -0.25) is 10.1 Å². The molecule has 0 aromatic heterocycles. The minimum Gasteiger partial charge on any atom is -0.326 e. The minimum atomic E-state index is 0.00574. The van der Waals surface area contributed by atoms with Crippen LogP contribution in [0.25, 0.3) is 0 Å². The van der Waals surface area contributed by atoms with Crippen LogP contribution in [0.3, 0.4) is 0 Å². The molecule has 0 spiro atoms. The lowest BCUT2D eigenvalue weighted by Crippen LogP contribution is -2.35. The molecule has 1 N–H and O–H groups in total. The van der Waals surface area contributed by atoms with Gasteiger partial charge in [0.15, 0.2) is 0 Å². The summed E-state index contributed by atoms with van der Waals surface area (Å²) in [5, 5.41) is 3.24. The van der Waals surface area contributed by atoms with Crippen LogP contribution in [0, 0.1) is 0 Å². The number of rotatable bonds is 6. The first-order valence-electron chi connectivity index (χ1n) is 5.72. The lowest BCUT2D eigenvalue weighted by Gasteiger charge is -2.20. The number of hydrogen-bond donors (Lipinski definition) is 1. The lowest BCUT2D eigenvalue weighted by atomic mass is 10.2. The van der Waals surface area contributed by atoms with Gasteiger partial charge < -0.3 is 4.90 Å². The van der Waals surface area contributed by atoms with Crippen molar-refractivity contribution < 1.29 is 4.79 Å². The average Bonchev–Trinajstić information content (AvgIpc) is 2.44. The van der Waals surface area contributed by atoms with Gasteiger partial charge in [0.25, 0.3) is 0 Å². The Labute approximate surface area is 97.0 Å². The molecule has 1 fully saturated rings. The van der Waals surface area contributed by atoms with Gasteiger partial charge in [-0.25, -0.2) is 0 Å². The number of unbranched alkanes of at least 4 members (excludes halogenated alkanes) is 2. The van der Waals surface area contributed by atoms with E-state index in [4.69, 9.17) is 0 Å². The second kappa shape index (κ2) is 6.38. The van der Waals surface area contributed by atoms with Crippen LogP contribution in [0.1, 0.15) is 33.1 Å². The molecule has 15 heavy (non-hydrogen) atoms. The summed E-state index contributed by atoms with van der Waals surface area (Å²) in [5.41, 5.74) is 0. The van der Waals surface area contributed by atoms with E-state index in [0.29, 0.717) is 0 Å². The molecule has 3 nitrogen and oxygen atoms in total. The van der Waals surface area contributed by atoms with Crippen LogP contribution >= 0.6 is 11.8 Å². The van der Waals surface area contributed by atoms with E-state index >= 15 is 0 Å². The fourth-order valence-corrected chi connectivity index (χ4v) is 2.46. The number of thioether (sulfide) groups is 1. The van der Waals surface area contributed by atoms with Crippen molar-refractivity contribution in [2.45, 2.75) is 45.3 Å². The first-order chi connectivity index (χ1) is 7.16. The average molecular weight is 230 g/mol. The van der Waals surface area contributed by atoms with Gasteiger partial charge in [-0.05, 0) is 38.7 Å². The van der Waals surface area contributed by atoms with Crippen molar-refractivity contribution in [3.05, 3.63) is 0 Å². The summed E-state index contributed by atoms with van der Waals surface area (Å²) in [4.78, 5) is 13.7. The van der Waals surface area contributed by atoms with Crippen LogP contribution < -0.4 is 5.32 Å². The molecule has 1 rings (SSSR count). The molecule has 1 heterocycles. The molecule has 2 atom stereocenters. The summed E-state index contributed by atoms with van der Waals surface area (Å²) in [7, 11) is 0. The van der Waals surface area contributed by atoms with Crippen molar-refractivity contribution in [3.63, 3.8) is 0 Å². The second-order valence-corrected chi connectivity index (χ2v) is 5.14. The predicted molar refractivity (Wildman–Crippen MR) is 66.0 cm³/mol. The Morgan fingerprint density at radius 2 is 2.07 bits per heavy atom. The predicted octanol–water partition coefficient (Wildman–Crippen LogP) is 1.69. The highest BCUT2D eigenvalue weighted by atomic mass is 32.2. The number of amides is 1. The summed E-state index contributed by atoms with van der Waals surface area (Å²) >= 11 is 1.89. The van der Waals surface area contributed by atoms with Gasteiger partial charge in [-0.15, -0.1) is 0 Å². The molecule has 0 aromatic carbocycles. The molecule has 0 bridgehead atoms. The quantitative estimate of drug-likeness (QED) is 0.705. The molecule has 1 amide bonds. The molecule has 0 saturated carbocycles. The van der Waals surface area contributed by atoms with Gasteiger partial charge in [-0.1, -0.05) is 6.42 Å². The summed E-state index contributed by atoms with van der Waals surface area (Å²) in [5.74, 6) is 1.49. The van der Waals surface area contributed by atoms with E-state index in [1.165, 1.54) is 18.6 Å². The fourth-order valence-electron chi connectivity index (χ4n) is 1.97. The molecule has 0 aromatic rings. The number of nitrogens with one attached hydrogen (secondary N) is 1. The van der Waals surface area contributed by atoms with Crippen LogP contribution in [-0.4, -0.2) is 41.6 Å². The lowest BCUT2D eigenvalue weighted by molar-refractivity contribution is -0.129. The van der Waals surface area contributed by atoms with Gasteiger partial charge in [-0.2, -0.15) is 11.8 Å². The number of hydrogen-bond acceptors (Lipinski definition) is 3. The topological polar surface area (TPSA) is 32.3 Å². The Bertz CT molecular complexity index is 211. The van der Waals surface area contributed by atoms with Crippen LogP contribution in [-0.2, 0) is 4.79 Å². The highest BCUT2D eigenvalue weighted by molar-refractivity contribution is 7.98. The summed E-state index contributed by atoms with van der Waals surface area (Å²) in [6, 6.07) is 0.00574. The van der Waals surface area contributed by atoms with E-state index in [-0.39, 0.29) is 18.1 Å². The first kappa shape index (κ1) is 12.8. The van der Waals surface area contributed by atoms with E-state index in [2.05, 4.69) is 18.5 Å². The minimum absolute atomic E-state index is 0.00574. The SMILES string of the molecule is CSCCCCCN1C(=O)C(C)NC1C. The molecule has 0 radical (unpaired) electrons. The van der Waals surface area contributed by atoms with Gasteiger partial charge >= 0.3 is 0 Å². The van der Waals surface area contributed by atoms with Crippen LogP contribution in [0.2, 0.25) is 0 Å². The van der Waals surface area contributed by atoms with Crippen molar-refractivity contribution >= 4 is 17.7 Å². The maximum atomic E-state index is 11.7. The maximum absolute atomic E-state index is 11.7. The largest absolute Gasteiger partial charge is 0.326 e. The molecule has 1 aliphatic rings. The van der Waals surface area contributed by atoms with Crippen molar-refractivity contribution in [2.24, 2.45) is 0 Å². The third-order valence-corrected chi connectivity index (χ3v) is 3.56. The summed E-state index contributed by atoms with van der Waals surface area (Å²) in [6.07, 6.45) is 5.97. The Balaban J connectivity index is 2.18. The van der Waals surface area contributed by atoms with Crippen molar-refractivity contribution in [3.8, 4) is 0 Å². The zero-order valence-corrected chi connectivity index (χ0v) is 10.8. The van der Waals surface area contributed by atoms with Gasteiger partial charge in [0.05, 0.1) is 12.2 Å². The monoisotopic (exact) mass is 230 g/mol. The van der Waals surface area contributed by atoms with E-state index in [1.54, 1.807) is 0 Å². The Hall–Kier alpha value is -0.220. The van der Waals surface area contributed by atoms with Crippen LogP contribution in [0.15, 0.2) is 0 Å². The van der Waals surface area contributed by atoms with Crippen LogP contribution in [0.5, 0.6) is 0 Å². The smallest absolute Gasteiger partial charge is 0.240 e. The number of carbonyl (C=O) groups excluding carboxylic acids is 1. The van der Waals surface area contributed by atoms with Crippen LogP contribution in [0.4, 0.5) is 0 Å². The standard InChI is InChI=1S/C11H22N2OS/c1-9-11(14)13(10(2)12-9)7-5-4-6-8-15-3/h9-10,12H,4-8H2,1-3H3. The summed E-state index contributed by atoms with van der Waals surface area (Å²) in [6.45, 7) is 4.90. The zero-order valence-electron chi connectivity index (χ0n) is 9.95. The molecular weight excluding hydrogens is 208 g/mol. The van der Waals surface area contributed by atoms with Crippen molar-refractivity contribution in [1.29, 1.82) is 0 Å². The third-order valence-electron chi connectivity index (χ3n) is 2.86. The Morgan fingerprint density at radius 1 is 1.33 bits per heavy atom. The normalized spacial score (nSPS) is 26.3. The third kappa shape index (κ3) is 3.68. The summed E-state index contributed by atoms with van der Waals surface area (Å²) < 4.78 is 0. The zero-order chi connectivity index (χ0) is 11.3. The fraction of sp³-hybridized carbons (Fsp3) is 0.909. The van der Waals surface area contributed by atoms with E-state index in [9.17, 15) is 4.79 Å². The Kier molecular flexibility index (Phi) is 5.47. The Morgan fingerprint density at radius 3 is 2.60 bits per heavy atom. The molecule has 88 valence electrons. The van der Waals surface area contributed by atoms with Crippen molar-refractivity contribution in [2.75, 3.05) is 18.6 Å². The molecule has 1 saturated heterocycles. The molecular formula is C11H22N2OS. The first-order valence-corrected chi connectivity index (χ1v) is 7.11. The molecule has 0 aliphatic carbocycles. The number of nitrogens with zero attached hydrogens (tertiary/aromatic N) is 1. The number of carbonyl (C=O) groups is 1. The van der Waals surface area contributed by atoms with E-state index in [1.807, 2.05) is 23.6 Å². The van der Waals surface area contributed by atoms with Gasteiger partial charge in [0, 0.05) is 6.54 Å². The highest BCUT2D eigenvalue weighted by Crippen LogP contribution is 2.12. The molecule has 4 heteroatoms. The van der Waals surface area contributed by atoms with Crippen molar-refractivity contribution in [1.82, 2.24) is 10.2 Å².